The molecule has 3 aliphatic carbocycles. The summed E-state index contributed by atoms with van der Waals surface area (Å²) in [6, 6.07) is 0. The van der Waals surface area contributed by atoms with Crippen molar-refractivity contribution in [1.29, 1.82) is 0 Å². The molecule has 0 unspecified atom stereocenters. The molecule has 2 bridgehead atoms. The quantitative estimate of drug-likeness (QED) is 0.615. The summed E-state index contributed by atoms with van der Waals surface area (Å²) in [7, 11) is 0. The Morgan fingerprint density at radius 1 is 0.923 bits per heavy atom. The van der Waals surface area contributed by atoms with E-state index in [9.17, 15) is 8.78 Å². The van der Waals surface area contributed by atoms with Gasteiger partial charge in [0, 0.05) is 5.41 Å². The van der Waals surface area contributed by atoms with E-state index < -0.39 is 11.8 Å². The van der Waals surface area contributed by atoms with E-state index in [-0.39, 0.29) is 0 Å². The van der Waals surface area contributed by atoms with Crippen molar-refractivity contribution in [2.45, 2.75) is 53.4 Å². The van der Waals surface area contributed by atoms with Gasteiger partial charge in [-0.05, 0) is 30.6 Å². The number of alkyl halides is 2. The maximum atomic E-state index is 12.3. The Morgan fingerprint density at radius 3 is 1.54 bits per heavy atom. The van der Waals surface area contributed by atoms with Crippen LogP contribution < -0.4 is 0 Å². The SMILES string of the molecule is CC.CC(C)C12CC(C(F)F)(C1)C2. The molecule has 0 radical (unpaired) electrons. The van der Waals surface area contributed by atoms with Crippen molar-refractivity contribution in [3.8, 4) is 0 Å². The molecule has 0 amide bonds. The Hall–Kier alpha value is -0.140. The molecule has 0 heterocycles. The second-order valence-electron chi connectivity index (χ2n) is 4.71. The van der Waals surface area contributed by atoms with Crippen LogP contribution in [-0.2, 0) is 0 Å². The summed E-state index contributed by atoms with van der Waals surface area (Å²) in [6.07, 6.45) is 0.295. The largest absolute Gasteiger partial charge is 0.244 e. The van der Waals surface area contributed by atoms with Gasteiger partial charge in [-0.15, -0.1) is 0 Å². The second-order valence-corrected chi connectivity index (χ2v) is 4.71. The van der Waals surface area contributed by atoms with Crippen LogP contribution in [0.25, 0.3) is 0 Å². The zero-order valence-electron chi connectivity index (χ0n) is 9.03. The number of rotatable bonds is 2. The smallest absolute Gasteiger partial charge is 0.210 e. The van der Waals surface area contributed by atoms with Crippen molar-refractivity contribution in [3.63, 3.8) is 0 Å². The summed E-state index contributed by atoms with van der Waals surface area (Å²) in [4.78, 5) is 0. The Bertz CT molecular complexity index is 147. The molecule has 0 spiro atoms. The van der Waals surface area contributed by atoms with Gasteiger partial charge in [-0.3, -0.25) is 0 Å². The third kappa shape index (κ3) is 1.29. The Balaban J connectivity index is 0.000000396. The highest BCUT2D eigenvalue weighted by Crippen LogP contribution is 2.77. The van der Waals surface area contributed by atoms with E-state index in [0.717, 1.165) is 19.3 Å². The molecular formula is C11H20F2. The second kappa shape index (κ2) is 3.21. The van der Waals surface area contributed by atoms with E-state index in [4.69, 9.17) is 0 Å². The van der Waals surface area contributed by atoms with Crippen molar-refractivity contribution in [1.82, 2.24) is 0 Å². The van der Waals surface area contributed by atoms with Gasteiger partial charge in [-0.2, -0.15) is 0 Å². The lowest BCUT2D eigenvalue weighted by molar-refractivity contribution is -0.284. The highest BCUT2D eigenvalue weighted by atomic mass is 19.3. The minimum atomic E-state index is -2.07. The van der Waals surface area contributed by atoms with Crippen molar-refractivity contribution in [2.75, 3.05) is 0 Å². The summed E-state index contributed by atoms with van der Waals surface area (Å²) >= 11 is 0. The molecule has 0 nitrogen and oxygen atoms in total. The van der Waals surface area contributed by atoms with Gasteiger partial charge in [0.15, 0.2) is 0 Å². The lowest BCUT2D eigenvalue weighted by Crippen LogP contribution is -2.66. The zero-order valence-corrected chi connectivity index (χ0v) is 9.03. The molecule has 0 aromatic rings. The highest BCUT2D eigenvalue weighted by Gasteiger charge is 2.72. The Labute approximate surface area is 79.7 Å². The normalized spacial score (nSPS) is 40.6. The minimum Gasteiger partial charge on any atom is -0.210 e. The third-order valence-corrected chi connectivity index (χ3v) is 3.80. The summed E-state index contributed by atoms with van der Waals surface area (Å²) in [5, 5.41) is 0. The fourth-order valence-corrected chi connectivity index (χ4v) is 2.79. The van der Waals surface area contributed by atoms with Crippen LogP contribution in [0.5, 0.6) is 0 Å². The minimum absolute atomic E-state index is 0.330. The fourth-order valence-electron chi connectivity index (χ4n) is 2.79. The molecule has 2 heteroatoms. The standard InChI is InChI=1S/C9H14F2.C2H6/c1-6(2)8-3-9(4-8,5-8)7(10)11;1-2/h6-7H,3-5H2,1-2H3;1-2H3. The first-order chi connectivity index (χ1) is 6.01. The monoisotopic (exact) mass is 190 g/mol. The predicted molar refractivity (Wildman–Crippen MR) is 50.9 cm³/mol. The van der Waals surface area contributed by atoms with Crippen LogP contribution in [0.1, 0.15) is 47.0 Å². The molecular weight excluding hydrogens is 170 g/mol. The van der Waals surface area contributed by atoms with Crippen molar-refractivity contribution < 1.29 is 8.78 Å². The molecule has 0 N–H and O–H groups in total. The molecule has 3 fully saturated rings. The molecule has 0 aromatic carbocycles. The highest BCUT2D eigenvalue weighted by molar-refractivity contribution is 5.18. The maximum Gasteiger partial charge on any atom is 0.244 e. The van der Waals surface area contributed by atoms with Crippen LogP contribution in [0.3, 0.4) is 0 Å². The summed E-state index contributed by atoms with van der Waals surface area (Å²) in [5.41, 5.74) is -0.194. The van der Waals surface area contributed by atoms with E-state index in [2.05, 4.69) is 13.8 Å². The first-order valence-corrected chi connectivity index (χ1v) is 5.29. The third-order valence-electron chi connectivity index (χ3n) is 3.80. The van der Waals surface area contributed by atoms with Crippen molar-refractivity contribution in [3.05, 3.63) is 0 Å². The molecule has 3 saturated carbocycles. The molecule has 0 aromatic heterocycles. The van der Waals surface area contributed by atoms with Crippen LogP contribution in [0.4, 0.5) is 8.78 Å². The molecule has 3 rings (SSSR count). The van der Waals surface area contributed by atoms with Crippen LogP contribution >= 0.6 is 0 Å². The van der Waals surface area contributed by atoms with E-state index in [1.54, 1.807) is 0 Å². The molecule has 0 saturated heterocycles. The predicted octanol–water partition coefficient (Wildman–Crippen LogP) is 4.10. The van der Waals surface area contributed by atoms with Gasteiger partial charge < -0.3 is 0 Å². The van der Waals surface area contributed by atoms with E-state index in [1.165, 1.54) is 0 Å². The Kier molecular flexibility index (Phi) is 2.70. The zero-order chi connectivity index (χ0) is 10.3. The molecule has 3 aliphatic rings. The van der Waals surface area contributed by atoms with Gasteiger partial charge in [-0.1, -0.05) is 27.7 Å². The van der Waals surface area contributed by atoms with Crippen molar-refractivity contribution >= 4 is 0 Å². The van der Waals surface area contributed by atoms with Gasteiger partial charge in [-0.25, -0.2) is 8.78 Å². The molecule has 78 valence electrons. The maximum absolute atomic E-state index is 12.3. The molecule has 0 aliphatic heterocycles. The van der Waals surface area contributed by atoms with Gasteiger partial charge in [0.05, 0.1) is 0 Å². The number of hydrogen-bond donors (Lipinski definition) is 0. The van der Waals surface area contributed by atoms with Crippen LogP contribution in [0.2, 0.25) is 0 Å². The average Bonchev–Trinajstić information content (AvgIpc) is 1.83. The van der Waals surface area contributed by atoms with Crippen LogP contribution in [-0.4, -0.2) is 6.43 Å². The van der Waals surface area contributed by atoms with Gasteiger partial charge in [0.1, 0.15) is 0 Å². The fraction of sp³-hybridized carbons (Fsp3) is 1.00. The van der Waals surface area contributed by atoms with Crippen LogP contribution in [0.15, 0.2) is 0 Å². The van der Waals surface area contributed by atoms with E-state index >= 15 is 0 Å². The average molecular weight is 190 g/mol. The van der Waals surface area contributed by atoms with Gasteiger partial charge >= 0.3 is 0 Å². The Morgan fingerprint density at radius 2 is 1.31 bits per heavy atom. The summed E-state index contributed by atoms with van der Waals surface area (Å²) < 4.78 is 24.7. The van der Waals surface area contributed by atoms with Crippen LogP contribution in [0, 0.1) is 16.7 Å². The summed E-state index contributed by atoms with van der Waals surface area (Å²) in [5.74, 6) is 0.600. The summed E-state index contributed by atoms with van der Waals surface area (Å²) in [6.45, 7) is 8.29. The van der Waals surface area contributed by atoms with Gasteiger partial charge in [0.2, 0.25) is 6.43 Å². The lowest BCUT2D eigenvalue weighted by Gasteiger charge is -2.72. The molecule has 0 atom stereocenters. The first-order valence-electron chi connectivity index (χ1n) is 5.29. The number of hydrogen-bond acceptors (Lipinski definition) is 0. The van der Waals surface area contributed by atoms with Crippen molar-refractivity contribution in [2.24, 2.45) is 16.7 Å². The topological polar surface area (TPSA) is 0 Å². The van der Waals surface area contributed by atoms with E-state index in [0.29, 0.717) is 11.3 Å². The number of halogens is 2. The lowest BCUT2D eigenvalue weighted by atomic mass is 9.32. The van der Waals surface area contributed by atoms with E-state index in [1.807, 2.05) is 13.8 Å². The van der Waals surface area contributed by atoms with Gasteiger partial charge in [0.25, 0.3) is 0 Å². The molecule has 13 heavy (non-hydrogen) atoms. The first kappa shape index (κ1) is 10.9.